The lowest BCUT2D eigenvalue weighted by Gasteiger charge is -2.25. The molecule has 0 aliphatic carbocycles. The molecular formula is C28H27N3O6. The normalized spacial score (nSPS) is 16.7. The molecule has 1 saturated heterocycles. The lowest BCUT2D eigenvalue weighted by Crippen LogP contribution is -2.29. The molecule has 1 atom stereocenters. The molecular weight excluding hydrogens is 474 g/mol. The number of aliphatic hydroxyl groups excluding tert-OH is 1. The van der Waals surface area contributed by atoms with Crippen molar-refractivity contribution < 1.29 is 24.4 Å². The number of benzene rings is 2. The first kappa shape index (κ1) is 25.6. The molecule has 1 aromatic heterocycles. The summed E-state index contributed by atoms with van der Waals surface area (Å²) in [5.74, 6) is -1.36. The molecule has 1 aliphatic rings. The third-order valence-corrected chi connectivity index (χ3v) is 6.22. The number of pyridine rings is 1. The van der Waals surface area contributed by atoms with Crippen LogP contribution < -0.4 is 4.74 Å². The Kier molecular flexibility index (Phi) is 7.62. The van der Waals surface area contributed by atoms with Crippen LogP contribution in [0.3, 0.4) is 0 Å². The average molecular weight is 502 g/mol. The summed E-state index contributed by atoms with van der Waals surface area (Å²) in [7, 11) is 0. The van der Waals surface area contributed by atoms with Crippen LogP contribution in [0.1, 0.15) is 48.1 Å². The van der Waals surface area contributed by atoms with E-state index in [1.165, 1.54) is 23.1 Å². The zero-order chi connectivity index (χ0) is 26.5. The van der Waals surface area contributed by atoms with Crippen molar-refractivity contribution in [3.8, 4) is 5.75 Å². The van der Waals surface area contributed by atoms with E-state index >= 15 is 0 Å². The molecule has 1 N–H and O–H groups in total. The van der Waals surface area contributed by atoms with Gasteiger partial charge in [0.1, 0.15) is 11.5 Å². The van der Waals surface area contributed by atoms with Gasteiger partial charge in [-0.1, -0.05) is 31.5 Å². The molecule has 2 aromatic carbocycles. The minimum Gasteiger partial charge on any atom is -0.507 e. The van der Waals surface area contributed by atoms with Gasteiger partial charge in [-0.3, -0.25) is 24.7 Å². The van der Waals surface area contributed by atoms with E-state index in [0.29, 0.717) is 29.0 Å². The molecule has 0 radical (unpaired) electrons. The maximum Gasteiger partial charge on any atom is 0.295 e. The smallest absolute Gasteiger partial charge is 0.295 e. The molecule has 9 heteroatoms. The highest BCUT2D eigenvalue weighted by Crippen LogP contribution is 2.41. The van der Waals surface area contributed by atoms with Crippen molar-refractivity contribution in [2.24, 2.45) is 0 Å². The van der Waals surface area contributed by atoms with Crippen LogP contribution in [0.15, 0.2) is 72.6 Å². The molecule has 3 aromatic rings. The van der Waals surface area contributed by atoms with E-state index in [2.05, 4.69) is 11.9 Å². The molecule has 4 rings (SSSR count). The van der Waals surface area contributed by atoms with Crippen molar-refractivity contribution in [1.29, 1.82) is 0 Å². The second kappa shape index (κ2) is 11.0. The zero-order valence-corrected chi connectivity index (χ0v) is 20.6. The molecule has 9 nitrogen and oxygen atoms in total. The van der Waals surface area contributed by atoms with Crippen molar-refractivity contribution in [2.45, 2.75) is 39.3 Å². The fraction of sp³-hybridized carbons (Fsp3) is 0.250. The third kappa shape index (κ3) is 5.35. The van der Waals surface area contributed by atoms with Gasteiger partial charge in [-0.15, -0.1) is 0 Å². The molecule has 0 spiro atoms. The zero-order valence-electron chi connectivity index (χ0n) is 20.6. The number of rotatable bonds is 9. The highest BCUT2D eigenvalue weighted by atomic mass is 16.6. The summed E-state index contributed by atoms with van der Waals surface area (Å²) < 4.78 is 5.79. The second-order valence-corrected chi connectivity index (χ2v) is 8.82. The van der Waals surface area contributed by atoms with Gasteiger partial charge in [0.05, 0.1) is 23.1 Å². The Bertz CT molecular complexity index is 1370. The van der Waals surface area contributed by atoms with Gasteiger partial charge in [0.2, 0.25) is 0 Å². The summed E-state index contributed by atoms with van der Waals surface area (Å²) in [4.78, 5) is 42.7. The molecule has 0 unspecified atom stereocenters. The Labute approximate surface area is 214 Å². The number of nitro groups is 1. The Morgan fingerprint density at radius 2 is 1.97 bits per heavy atom. The Morgan fingerprint density at radius 3 is 2.65 bits per heavy atom. The fourth-order valence-corrected chi connectivity index (χ4v) is 4.33. The number of hydrogen-bond donors (Lipinski definition) is 1. The minimum absolute atomic E-state index is 0.0335. The monoisotopic (exact) mass is 501 g/mol. The van der Waals surface area contributed by atoms with Gasteiger partial charge in [0, 0.05) is 36.6 Å². The predicted molar refractivity (Wildman–Crippen MR) is 137 cm³/mol. The summed E-state index contributed by atoms with van der Waals surface area (Å²) >= 11 is 0. The first-order chi connectivity index (χ1) is 17.8. The van der Waals surface area contributed by atoms with E-state index < -0.39 is 22.7 Å². The van der Waals surface area contributed by atoms with Crippen LogP contribution in [0.4, 0.5) is 5.69 Å². The summed E-state index contributed by atoms with van der Waals surface area (Å²) in [5.41, 5.74) is 1.80. The maximum absolute atomic E-state index is 13.3. The number of hydrogen-bond acceptors (Lipinski definition) is 7. The Morgan fingerprint density at radius 1 is 1.16 bits per heavy atom. The van der Waals surface area contributed by atoms with Crippen LogP contribution in [0.5, 0.6) is 5.75 Å². The number of unbranched alkanes of at least 4 members (excludes halogenated alkanes) is 1. The van der Waals surface area contributed by atoms with E-state index in [0.717, 1.165) is 18.4 Å². The van der Waals surface area contributed by atoms with E-state index in [1.54, 1.807) is 48.8 Å². The van der Waals surface area contributed by atoms with Crippen LogP contribution >= 0.6 is 0 Å². The topological polar surface area (TPSA) is 123 Å². The number of ether oxygens (including phenoxy) is 1. The number of nitro benzene ring substituents is 1. The van der Waals surface area contributed by atoms with Gasteiger partial charge in [-0.25, -0.2) is 0 Å². The molecule has 1 aliphatic heterocycles. The fourth-order valence-electron chi connectivity index (χ4n) is 4.33. The van der Waals surface area contributed by atoms with E-state index in [-0.39, 0.29) is 23.6 Å². The number of amides is 1. The van der Waals surface area contributed by atoms with Crippen LogP contribution in [0, 0.1) is 17.0 Å². The predicted octanol–water partition coefficient (Wildman–Crippen LogP) is 5.10. The van der Waals surface area contributed by atoms with Crippen LogP contribution in [-0.4, -0.2) is 38.2 Å². The van der Waals surface area contributed by atoms with Gasteiger partial charge in [-0.05, 0) is 54.3 Å². The molecule has 190 valence electrons. The summed E-state index contributed by atoms with van der Waals surface area (Å²) in [5, 5.41) is 22.8. The summed E-state index contributed by atoms with van der Waals surface area (Å²) in [6.45, 7) is 4.50. The van der Waals surface area contributed by atoms with Gasteiger partial charge in [0.25, 0.3) is 17.4 Å². The van der Waals surface area contributed by atoms with Crippen LogP contribution in [-0.2, 0) is 16.1 Å². The first-order valence-electron chi connectivity index (χ1n) is 12.0. The van der Waals surface area contributed by atoms with Crippen molar-refractivity contribution in [3.63, 3.8) is 0 Å². The summed E-state index contributed by atoms with van der Waals surface area (Å²) in [6.07, 6.45) is 5.07. The Hall–Kier alpha value is -4.53. The van der Waals surface area contributed by atoms with Gasteiger partial charge in [0.15, 0.2) is 0 Å². The number of carbonyl (C=O) groups excluding carboxylic acids is 2. The lowest BCUT2D eigenvalue weighted by molar-refractivity contribution is -0.384. The number of non-ortho nitro benzene ring substituents is 1. The minimum atomic E-state index is -1.03. The summed E-state index contributed by atoms with van der Waals surface area (Å²) in [6, 6.07) is 13.2. The SMILES string of the molecule is CCCCOc1ccc(/C(O)=C2\C(=O)C(=O)N(Cc3cccnc3)[C@H]2c2cccc([N+](=O)[O-])c2)cc1C. The largest absolute Gasteiger partial charge is 0.507 e. The Balaban J connectivity index is 1.81. The average Bonchev–Trinajstić information content (AvgIpc) is 3.15. The highest BCUT2D eigenvalue weighted by molar-refractivity contribution is 6.46. The molecule has 1 fully saturated rings. The molecule has 0 bridgehead atoms. The number of likely N-dealkylation sites (tertiary alicyclic amines) is 1. The number of ketones is 1. The number of carbonyl (C=O) groups is 2. The number of Topliss-reactive ketones (excluding diaryl/α,β-unsaturated/α-hetero) is 1. The molecule has 0 saturated carbocycles. The van der Waals surface area contributed by atoms with Crippen molar-refractivity contribution in [2.75, 3.05) is 6.61 Å². The number of aryl methyl sites for hydroxylation is 1. The van der Waals surface area contributed by atoms with E-state index in [4.69, 9.17) is 4.74 Å². The van der Waals surface area contributed by atoms with Gasteiger partial charge >= 0.3 is 0 Å². The molecule has 37 heavy (non-hydrogen) atoms. The van der Waals surface area contributed by atoms with Crippen molar-refractivity contribution in [3.05, 3.63) is 105 Å². The standard InChI is InChI=1S/C28H27N3O6/c1-3-4-13-37-23-11-10-21(14-18(23)2)26(32)24-25(20-8-5-9-22(15-20)31(35)36)30(28(34)27(24)33)17-19-7-6-12-29-16-19/h5-12,14-16,25,32H,3-4,13,17H2,1-2H3/b26-24+/t25-/m0/s1. The molecule has 1 amide bonds. The first-order valence-corrected chi connectivity index (χ1v) is 12.0. The van der Waals surface area contributed by atoms with Crippen LogP contribution in [0.25, 0.3) is 5.76 Å². The van der Waals surface area contributed by atoms with Crippen molar-refractivity contribution in [1.82, 2.24) is 9.88 Å². The highest BCUT2D eigenvalue weighted by Gasteiger charge is 2.46. The lowest BCUT2D eigenvalue weighted by atomic mass is 9.94. The number of nitrogens with zero attached hydrogens (tertiary/aromatic N) is 3. The molecule has 2 heterocycles. The van der Waals surface area contributed by atoms with Gasteiger partial charge < -0.3 is 14.7 Å². The van der Waals surface area contributed by atoms with Crippen molar-refractivity contribution >= 4 is 23.1 Å². The van der Waals surface area contributed by atoms with Crippen LogP contribution in [0.2, 0.25) is 0 Å². The maximum atomic E-state index is 13.3. The third-order valence-electron chi connectivity index (χ3n) is 6.22. The van der Waals surface area contributed by atoms with Gasteiger partial charge in [-0.2, -0.15) is 0 Å². The van der Waals surface area contributed by atoms with E-state index in [9.17, 15) is 24.8 Å². The second-order valence-electron chi connectivity index (χ2n) is 8.82. The number of aliphatic hydroxyl groups is 1. The number of aromatic nitrogens is 1. The quantitative estimate of drug-likeness (QED) is 0.108. The van der Waals surface area contributed by atoms with E-state index in [1.807, 2.05) is 6.92 Å².